The minimum absolute atomic E-state index is 0.0688. The molecule has 0 bridgehead atoms. The second kappa shape index (κ2) is 3.63. The second-order valence-electron chi connectivity index (χ2n) is 4.92. The van der Waals surface area contributed by atoms with Crippen LogP contribution in [0.4, 0.5) is 0 Å². The molecule has 1 atom stereocenters. The molecule has 0 radical (unpaired) electrons. The lowest BCUT2D eigenvalue weighted by Gasteiger charge is -2.06. The van der Waals surface area contributed by atoms with Crippen LogP contribution in [-0.2, 0) is 0 Å². The summed E-state index contributed by atoms with van der Waals surface area (Å²) in [6.07, 6.45) is 3.75. The maximum Gasteiger partial charge on any atom is 0.134 e. The predicted octanol–water partition coefficient (Wildman–Crippen LogP) is 3.54. The topological polar surface area (TPSA) is 39.2 Å². The van der Waals surface area contributed by atoms with Gasteiger partial charge in [0.15, 0.2) is 0 Å². The first-order valence-electron chi connectivity index (χ1n) is 5.98. The van der Waals surface area contributed by atoms with Gasteiger partial charge in [0.2, 0.25) is 0 Å². The molecule has 2 heteroatoms. The van der Waals surface area contributed by atoms with Crippen LogP contribution in [0.3, 0.4) is 0 Å². The van der Waals surface area contributed by atoms with Crippen LogP contribution in [0, 0.1) is 12.8 Å². The molecular weight excluding hydrogens is 198 g/mol. The summed E-state index contributed by atoms with van der Waals surface area (Å²) in [7, 11) is 0. The number of benzene rings is 1. The highest BCUT2D eigenvalue weighted by Gasteiger charge is 2.26. The Morgan fingerprint density at radius 1 is 1.44 bits per heavy atom. The van der Waals surface area contributed by atoms with Gasteiger partial charge in [0, 0.05) is 5.39 Å². The van der Waals surface area contributed by atoms with E-state index in [-0.39, 0.29) is 6.04 Å². The molecule has 0 spiro atoms. The van der Waals surface area contributed by atoms with Crippen molar-refractivity contribution in [3.05, 3.63) is 35.6 Å². The van der Waals surface area contributed by atoms with Crippen molar-refractivity contribution >= 4 is 11.0 Å². The molecule has 1 aliphatic rings. The number of rotatable bonds is 3. The molecule has 16 heavy (non-hydrogen) atoms. The largest absolute Gasteiger partial charge is 0.459 e. The van der Waals surface area contributed by atoms with Crippen molar-refractivity contribution in [1.82, 2.24) is 0 Å². The van der Waals surface area contributed by atoms with Crippen LogP contribution in [0.2, 0.25) is 0 Å². The molecule has 2 aromatic rings. The van der Waals surface area contributed by atoms with Crippen LogP contribution in [0.5, 0.6) is 0 Å². The Hall–Kier alpha value is -1.28. The molecule has 1 aromatic heterocycles. The van der Waals surface area contributed by atoms with Crippen LogP contribution >= 0.6 is 0 Å². The minimum Gasteiger partial charge on any atom is -0.459 e. The van der Waals surface area contributed by atoms with E-state index < -0.39 is 0 Å². The minimum atomic E-state index is 0.0688. The number of hydrogen-bond donors (Lipinski definition) is 1. The van der Waals surface area contributed by atoms with E-state index in [9.17, 15) is 0 Å². The number of furan rings is 1. The van der Waals surface area contributed by atoms with Crippen LogP contribution in [0.15, 0.2) is 28.7 Å². The van der Waals surface area contributed by atoms with E-state index >= 15 is 0 Å². The smallest absolute Gasteiger partial charge is 0.134 e. The van der Waals surface area contributed by atoms with E-state index in [1.54, 1.807) is 0 Å². The van der Waals surface area contributed by atoms with Crippen LogP contribution in [0.25, 0.3) is 11.0 Å². The first kappa shape index (κ1) is 9.91. The Balaban J connectivity index is 1.94. The summed E-state index contributed by atoms with van der Waals surface area (Å²) in [5, 5.41) is 1.20. The quantitative estimate of drug-likeness (QED) is 0.850. The standard InChI is InChI=1S/C14H17NO/c1-9-3-2-4-13-11(9)8-14(16-13)12(15)7-10-5-6-10/h2-4,8,10,12H,5-7,15H2,1H3/t12-/m1/s1. The summed E-state index contributed by atoms with van der Waals surface area (Å²) >= 11 is 0. The fraction of sp³-hybridized carbons (Fsp3) is 0.429. The molecule has 1 aliphatic carbocycles. The summed E-state index contributed by atoms with van der Waals surface area (Å²) < 4.78 is 5.81. The fourth-order valence-corrected chi connectivity index (χ4v) is 2.24. The van der Waals surface area contributed by atoms with Gasteiger partial charge in [-0.25, -0.2) is 0 Å². The third kappa shape index (κ3) is 1.74. The second-order valence-corrected chi connectivity index (χ2v) is 4.92. The zero-order chi connectivity index (χ0) is 11.1. The van der Waals surface area contributed by atoms with Crippen molar-refractivity contribution in [3.63, 3.8) is 0 Å². The van der Waals surface area contributed by atoms with Gasteiger partial charge in [0.1, 0.15) is 11.3 Å². The normalized spacial score (nSPS) is 17.9. The van der Waals surface area contributed by atoms with E-state index in [2.05, 4.69) is 19.1 Å². The molecule has 2 N–H and O–H groups in total. The van der Waals surface area contributed by atoms with Gasteiger partial charge in [0.05, 0.1) is 6.04 Å². The molecule has 2 nitrogen and oxygen atoms in total. The Bertz CT molecular complexity index is 510. The first-order chi connectivity index (χ1) is 7.74. The van der Waals surface area contributed by atoms with Crippen molar-refractivity contribution in [2.24, 2.45) is 11.7 Å². The molecule has 1 heterocycles. The Morgan fingerprint density at radius 3 is 2.94 bits per heavy atom. The van der Waals surface area contributed by atoms with Gasteiger partial charge in [-0.05, 0) is 37.0 Å². The highest BCUT2D eigenvalue weighted by atomic mass is 16.3. The maximum absolute atomic E-state index is 6.16. The molecular formula is C14H17NO. The predicted molar refractivity (Wildman–Crippen MR) is 65.2 cm³/mol. The number of nitrogens with two attached hydrogens (primary N) is 1. The maximum atomic E-state index is 6.16. The molecule has 0 unspecified atom stereocenters. The fourth-order valence-electron chi connectivity index (χ4n) is 2.24. The summed E-state index contributed by atoms with van der Waals surface area (Å²) in [6, 6.07) is 8.32. The van der Waals surface area contributed by atoms with Gasteiger partial charge >= 0.3 is 0 Å². The van der Waals surface area contributed by atoms with Crippen molar-refractivity contribution in [2.75, 3.05) is 0 Å². The summed E-state index contributed by atoms with van der Waals surface area (Å²) in [6.45, 7) is 2.11. The molecule has 1 aromatic carbocycles. The Labute approximate surface area is 95.4 Å². The van der Waals surface area contributed by atoms with Crippen LogP contribution in [0.1, 0.15) is 36.6 Å². The van der Waals surface area contributed by atoms with E-state index in [0.717, 1.165) is 23.7 Å². The van der Waals surface area contributed by atoms with Gasteiger partial charge in [-0.1, -0.05) is 25.0 Å². The molecule has 1 saturated carbocycles. The lowest BCUT2D eigenvalue weighted by Crippen LogP contribution is -2.09. The van der Waals surface area contributed by atoms with Crippen molar-refractivity contribution in [2.45, 2.75) is 32.2 Å². The van der Waals surface area contributed by atoms with Gasteiger partial charge in [-0.3, -0.25) is 0 Å². The Kier molecular flexibility index (Phi) is 2.25. The highest BCUT2D eigenvalue weighted by molar-refractivity contribution is 5.81. The van der Waals surface area contributed by atoms with Crippen LogP contribution in [-0.4, -0.2) is 0 Å². The molecule has 84 valence electrons. The average Bonchev–Trinajstić information content (AvgIpc) is 2.95. The van der Waals surface area contributed by atoms with Gasteiger partial charge in [-0.2, -0.15) is 0 Å². The lowest BCUT2D eigenvalue weighted by molar-refractivity contribution is 0.463. The summed E-state index contributed by atoms with van der Waals surface area (Å²) in [5.74, 6) is 1.78. The van der Waals surface area contributed by atoms with Crippen molar-refractivity contribution in [3.8, 4) is 0 Å². The van der Waals surface area contributed by atoms with E-state index in [0.29, 0.717) is 0 Å². The van der Waals surface area contributed by atoms with Crippen LogP contribution < -0.4 is 5.73 Å². The van der Waals surface area contributed by atoms with Crippen molar-refractivity contribution < 1.29 is 4.42 Å². The Morgan fingerprint density at radius 2 is 2.25 bits per heavy atom. The lowest BCUT2D eigenvalue weighted by atomic mass is 10.1. The summed E-state index contributed by atoms with van der Waals surface area (Å²) in [5.41, 5.74) is 8.37. The zero-order valence-corrected chi connectivity index (χ0v) is 9.57. The molecule has 3 rings (SSSR count). The summed E-state index contributed by atoms with van der Waals surface area (Å²) in [4.78, 5) is 0. The third-order valence-corrected chi connectivity index (χ3v) is 3.45. The van der Waals surface area contributed by atoms with E-state index in [4.69, 9.17) is 10.2 Å². The van der Waals surface area contributed by atoms with Gasteiger partial charge in [0.25, 0.3) is 0 Å². The first-order valence-corrected chi connectivity index (χ1v) is 5.98. The number of hydrogen-bond acceptors (Lipinski definition) is 2. The van der Waals surface area contributed by atoms with Gasteiger partial charge in [-0.15, -0.1) is 0 Å². The van der Waals surface area contributed by atoms with E-state index in [1.807, 2.05) is 12.1 Å². The third-order valence-electron chi connectivity index (χ3n) is 3.45. The number of fused-ring (bicyclic) bond motifs is 1. The van der Waals surface area contributed by atoms with Crippen molar-refractivity contribution in [1.29, 1.82) is 0 Å². The molecule has 1 fully saturated rings. The molecule has 0 amide bonds. The highest BCUT2D eigenvalue weighted by Crippen LogP contribution is 2.37. The monoisotopic (exact) mass is 215 g/mol. The molecule has 0 aliphatic heterocycles. The molecule has 0 saturated heterocycles. The zero-order valence-electron chi connectivity index (χ0n) is 9.57. The SMILES string of the molecule is Cc1cccc2oc([C@H](N)CC3CC3)cc12. The number of aryl methyl sites for hydroxylation is 1. The average molecular weight is 215 g/mol. The van der Waals surface area contributed by atoms with E-state index in [1.165, 1.54) is 23.8 Å². The van der Waals surface area contributed by atoms with Gasteiger partial charge < -0.3 is 10.2 Å².